The van der Waals surface area contributed by atoms with E-state index in [1.54, 1.807) is 14.2 Å². The molecule has 1 rings (SSSR count). The number of hydrogen-bond donors (Lipinski definition) is 1. The van der Waals surface area contributed by atoms with E-state index >= 15 is 0 Å². The molecule has 0 unspecified atom stereocenters. The molecule has 5 heteroatoms. The van der Waals surface area contributed by atoms with Crippen molar-refractivity contribution in [3.8, 4) is 0 Å². The summed E-state index contributed by atoms with van der Waals surface area (Å²) in [4.78, 5) is 0. The van der Waals surface area contributed by atoms with Gasteiger partial charge in [0.2, 0.25) is 0 Å². The molecule has 14 heavy (non-hydrogen) atoms. The van der Waals surface area contributed by atoms with E-state index in [2.05, 4.69) is 10.5 Å². The van der Waals surface area contributed by atoms with Gasteiger partial charge in [-0.1, -0.05) is 5.16 Å². The van der Waals surface area contributed by atoms with Gasteiger partial charge in [-0.2, -0.15) is 0 Å². The van der Waals surface area contributed by atoms with Gasteiger partial charge in [0.15, 0.2) is 5.76 Å². The van der Waals surface area contributed by atoms with Gasteiger partial charge in [0.1, 0.15) is 6.61 Å². The summed E-state index contributed by atoms with van der Waals surface area (Å²) in [6.07, 6.45) is 0. The van der Waals surface area contributed by atoms with Crippen molar-refractivity contribution in [2.45, 2.75) is 13.2 Å². The molecule has 0 radical (unpaired) electrons. The van der Waals surface area contributed by atoms with Crippen LogP contribution in [0.2, 0.25) is 0 Å². The highest BCUT2D eigenvalue weighted by molar-refractivity contribution is 5.03. The van der Waals surface area contributed by atoms with E-state index in [1.807, 2.05) is 6.07 Å². The number of rotatable bonds is 7. The van der Waals surface area contributed by atoms with E-state index in [0.717, 1.165) is 18.0 Å². The van der Waals surface area contributed by atoms with Crippen LogP contribution in [0.15, 0.2) is 10.6 Å². The average Bonchev–Trinajstić information content (AvgIpc) is 2.61. The first kappa shape index (κ1) is 11.2. The third-order valence-corrected chi connectivity index (χ3v) is 1.68. The zero-order valence-electron chi connectivity index (χ0n) is 8.58. The lowest BCUT2D eigenvalue weighted by molar-refractivity contribution is 0.155. The molecule has 80 valence electrons. The summed E-state index contributed by atoms with van der Waals surface area (Å²) in [6, 6.07) is 1.88. The largest absolute Gasteiger partial charge is 0.383 e. The van der Waals surface area contributed by atoms with Crippen LogP contribution < -0.4 is 5.32 Å². The number of nitrogens with one attached hydrogen (secondary N) is 1. The summed E-state index contributed by atoms with van der Waals surface area (Å²) in [5.41, 5.74) is 0.883. The molecule has 1 aromatic rings. The van der Waals surface area contributed by atoms with Gasteiger partial charge in [0, 0.05) is 33.4 Å². The van der Waals surface area contributed by atoms with E-state index in [4.69, 9.17) is 14.0 Å². The van der Waals surface area contributed by atoms with Crippen LogP contribution in [0.5, 0.6) is 0 Å². The van der Waals surface area contributed by atoms with Crippen LogP contribution in [-0.4, -0.2) is 32.5 Å². The minimum absolute atomic E-state index is 0.463. The van der Waals surface area contributed by atoms with Crippen LogP contribution in [0.1, 0.15) is 11.5 Å². The van der Waals surface area contributed by atoms with Crippen LogP contribution in [0.3, 0.4) is 0 Å². The lowest BCUT2D eigenvalue weighted by atomic mass is 10.3. The minimum atomic E-state index is 0.463. The predicted octanol–water partition coefficient (Wildman–Crippen LogP) is 0.557. The Labute approximate surface area is 83.4 Å². The summed E-state index contributed by atoms with van der Waals surface area (Å²) in [7, 11) is 3.30. The molecular weight excluding hydrogens is 184 g/mol. The van der Waals surface area contributed by atoms with E-state index < -0.39 is 0 Å². The molecule has 0 spiro atoms. The van der Waals surface area contributed by atoms with Gasteiger partial charge in [-0.15, -0.1) is 0 Å². The molecule has 1 heterocycles. The van der Waals surface area contributed by atoms with Crippen LogP contribution in [-0.2, 0) is 22.6 Å². The van der Waals surface area contributed by atoms with Crippen molar-refractivity contribution in [1.82, 2.24) is 10.5 Å². The van der Waals surface area contributed by atoms with Gasteiger partial charge in [-0.3, -0.25) is 0 Å². The molecule has 0 aliphatic heterocycles. The van der Waals surface area contributed by atoms with Crippen molar-refractivity contribution in [3.05, 3.63) is 17.5 Å². The lowest BCUT2D eigenvalue weighted by Gasteiger charge is -1.99. The molecule has 0 bridgehead atoms. The predicted molar refractivity (Wildman–Crippen MR) is 50.8 cm³/mol. The Kier molecular flexibility index (Phi) is 5.21. The van der Waals surface area contributed by atoms with Crippen LogP contribution in [0.4, 0.5) is 0 Å². The molecule has 0 fully saturated rings. The first-order valence-electron chi connectivity index (χ1n) is 4.50. The fraction of sp³-hybridized carbons (Fsp3) is 0.667. The van der Waals surface area contributed by atoms with Crippen molar-refractivity contribution < 1.29 is 14.0 Å². The number of nitrogens with zero attached hydrogens (tertiary/aromatic N) is 1. The minimum Gasteiger partial charge on any atom is -0.383 e. The smallest absolute Gasteiger partial charge is 0.162 e. The SMILES string of the molecule is COCCNCc1cc(COC)on1. The van der Waals surface area contributed by atoms with Crippen LogP contribution in [0, 0.1) is 0 Å². The first-order valence-corrected chi connectivity index (χ1v) is 4.50. The summed E-state index contributed by atoms with van der Waals surface area (Å²) in [6.45, 7) is 2.66. The highest BCUT2D eigenvalue weighted by Crippen LogP contribution is 2.03. The second kappa shape index (κ2) is 6.53. The van der Waals surface area contributed by atoms with Crippen LogP contribution >= 0.6 is 0 Å². The number of ether oxygens (including phenoxy) is 2. The molecule has 0 aliphatic carbocycles. The van der Waals surface area contributed by atoms with Gasteiger partial charge in [-0.05, 0) is 0 Å². The molecule has 0 amide bonds. The number of aromatic nitrogens is 1. The average molecular weight is 200 g/mol. The summed E-state index contributed by atoms with van der Waals surface area (Å²) in [5.74, 6) is 0.746. The topological polar surface area (TPSA) is 56.5 Å². The maximum absolute atomic E-state index is 5.02. The van der Waals surface area contributed by atoms with Crippen LogP contribution in [0.25, 0.3) is 0 Å². The summed E-state index contributed by atoms with van der Waals surface area (Å²) < 4.78 is 14.8. The zero-order chi connectivity index (χ0) is 10.2. The van der Waals surface area contributed by atoms with Gasteiger partial charge >= 0.3 is 0 Å². The van der Waals surface area contributed by atoms with Gasteiger partial charge < -0.3 is 19.3 Å². The fourth-order valence-corrected chi connectivity index (χ4v) is 1.04. The van der Waals surface area contributed by atoms with E-state index in [1.165, 1.54) is 0 Å². The van der Waals surface area contributed by atoms with Crippen molar-refractivity contribution in [2.75, 3.05) is 27.4 Å². The molecule has 5 nitrogen and oxygen atoms in total. The Morgan fingerprint density at radius 2 is 2.29 bits per heavy atom. The Morgan fingerprint density at radius 3 is 3.00 bits per heavy atom. The number of hydrogen-bond acceptors (Lipinski definition) is 5. The third kappa shape index (κ3) is 3.87. The maximum Gasteiger partial charge on any atom is 0.162 e. The monoisotopic (exact) mass is 200 g/mol. The standard InChI is InChI=1S/C9H16N2O3/c1-12-4-3-10-6-8-5-9(7-13-2)14-11-8/h5,10H,3-4,6-7H2,1-2H3. The molecule has 0 saturated carbocycles. The Morgan fingerprint density at radius 1 is 1.43 bits per heavy atom. The quantitative estimate of drug-likeness (QED) is 0.652. The van der Waals surface area contributed by atoms with Crippen molar-refractivity contribution in [3.63, 3.8) is 0 Å². The van der Waals surface area contributed by atoms with Gasteiger partial charge in [-0.25, -0.2) is 0 Å². The normalized spacial score (nSPS) is 10.7. The Balaban J connectivity index is 2.22. The second-order valence-corrected chi connectivity index (χ2v) is 2.89. The Hall–Kier alpha value is -0.910. The van der Waals surface area contributed by atoms with E-state index in [0.29, 0.717) is 19.8 Å². The molecule has 0 saturated heterocycles. The second-order valence-electron chi connectivity index (χ2n) is 2.89. The number of methoxy groups -OCH3 is 2. The van der Waals surface area contributed by atoms with Crippen molar-refractivity contribution in [1.29, 1.82) is 0 Å². The van der Waals surface area contributed by atoms with Crippen molar-refractivity contribution >= 4 is 0 Å². The van der Waals surface area contributed by atoms with E-state index in [9.17, 15) is 0 Å². The lowest BCUT2D eigenvalue weighted by Crippen LogP contribution is -2.18. The third-order valence-electron chi connectivity index (χ3n) is 1.68. The van der Waals surface area contributed by atoms with Gasteiger partial charge in [0.25, 0.3) is 0 Å². The van der Waals surface area contributed by atoms with E-state index in [-0.39, 0.29) is 0 Å². The maximum atomic E-state index is 5.02. The molecule has 0 aliphatic rings. The molecule has 0 aromatic carbocycles. The molecule has 1 aromatic heterocycles. The summed E-state index contributed by atoms with van der Waals surface area (Å²) >= 11 is 0. The molecular formula is C9H16N2O3. The molecule has 0 atom stereocenters. The highest BCUT2D eigenvalue weighted by atomic mass is 16.5. The molecule has 1 N–H and O–H groups in total. The fourth-order valence-electron chi connectivity index (χ4n) is 1.04. The first-order chi connectivity index (χ1) is 6.86. The summed E-state index contributed by atoms with van der Waals surface area (Å²) in [5, 5.41) is 7.04. The Bertz CT molecular complexity index is 250. The van der Waals surface area contributed by atoms with Gasteiger partial charge in [0.05, 0.1) is 12.3 Å². The zero-order valence-corrected chi connectivity index (χ0v) is 8.58. The van der Waals surface area contributed by atoms with Crippen molar-refractivity contribution in [2.24, 2.45) is 0 Å². The highest BCUT2D eigenvalue weighted by Gasteiger charge is 2.02.